The molecule has 0 bridgehead atoms. The number of methoxy groups -OCH3 is 1. The normalized spacial score (nSPS) is 15.2. The molecule has 7 nitrogen and oxygen atoms in total. The van der Waals surface area contributed by atoms with Crippen LogP contribution in [-0.2, 0) is 4.79 Å². The minimum absolute atomic E-state index is 0.178. The second kappa shape index (κ2) is 9.08. The summed E-state index contributed by atoms with van der Waals surface area (Å²) < 4.78 is 7.23. The maximum atomic E-state index is 13.6. The van der Waals surface area contributed by atoms with Gasteiger partial charge in [-0.3, -0.25) is 4.79 Å². The fourth-order valence-electron chi connectivity index (χ4n) is 3.81. The van der Waals surface area contributed by atoms with E-state index in [-0.39, 0.29) is 5.91 Å². The first-order valence-corrected chi connectivity index (χ1v) is 11.5. The number of carbonyl (C=O) groups excluding carboxylic acids is 1. The smallest absolute Gasteiger partial charge is 0.255 e. The number of nitrogens with zero attached hydrogens (tertiary/aromatic N) is 3. The van der Waals surface area contributed by atoms with Gasteiger partial charge in [-0.05, 0) is 61.4 Å². The van der Waals surface area contributed by atoms with Crippen molar-refractivity contribution < 1.29 is 9.53 Å². The van der Waals surface area contributed by atoms with E-state index in [1.807, 2.05) is 63.2 Å². The Bertz CT molecular complexity index is 1200. The number of rotatable bonds is 6. The van der Waals surface area contributed by atoms with Crippen LogP contribution in [-0.4, -0.2) is 33.5 Å². The third-order valence-electron chi connectivity index (χ3n) is 5.61. The first-order chi connectivity index (χ1) is 15.4. The largest absolute Gasteiger partial charge is 0.497 e. The zero-order valence-electron chi connectivity index (χ0n) is 18.9. The number of nitrogens with one attached hydrogen (secondary N) is 2. The molecule has 166 valence electrons. The Hall–Kier alpha value is -3.26. The number of thioether (sulfide) groups is 1. The third-order valence-corrected chi connectivity index (χ3v) is 6.33. The van der Waals surface area contributed by atoms with Crippen LogP contribution in [0.3, 0.4) is 0 Å². The summed E-state index contributed by atoms with van der Waals surface area (Å²) in [7, 11) is 1.63. The van der Waals surface area contributed by atoms with Gasteiger partial charge in [0.25, 0.3) is 5.91 Å². The molecule has 1 amide bonds. The summed E-state index contributed by atoms with van der Waals surface area (Å²) in [4.78, 5) is 18.2. The fraction of sp³-hybridized carbons (Fsp3) is 0.292. The first-order valence-electron chi connectivity index (χ1n) is 10.5. The van der Waals surface area contributed by atoms with Gasteiger partial charge < -0.3 is 15.4 Å². The summed E-state index contributed by atoms with van der Waals surface area (Å²) in [6.07, 6.45) is 0. The molecule has 0 spiro atoms. The molecule has 2 aromatic carbocycles. The topological polar surface area (TPSA) is 81.1 Å². The van der Waals surface area contributed by atoms with Crippen LogP contribution in [0, 0.1) is 13.8 Å². The van der Waals surface area contributed by atoms with Gasteiger partial charge in [-0.1, -0.05) is 43.0 Å². The SMILES string of the molecule is CCSc1nc2n(n1)C(c1cccc(OC)c1)C(C(=O)Nc1cccc(C)c1C)=C(C)N2. The molecule has 8 heteroatoms. The van der Waals surface area contributed by atoms with E-state index in [2.05, 4.69) is 22.5 Å². The molecular weight excluding hydrogens is 422 g/mol. The van der Waals surface area contributed by atoms with E-state index >= 15 is 0 Å². The highest BCUT2D eigenvalue weighted by Crippen LogP contribution is 2.37. The summed E-state index contributed by atoms with van der Waals surface area (Å²) in [6, 6.07) is 13.2. The van der Waals surface area contributed by atoms with Gasteiger partial charge in [-0.15, -0.1) is 5.10 Å². The minimum atomic E-state index is -0.440. The van der Waals surface area contributed by atoms with Crippen molar-refractivity contribution in [1.82, 2.24) is 14.8 Å². The predicted molar refractivity (Wildman–Crippen MR) is 128 cm³/mol. The lowest BCUT2D eigenvalue weighted by atomic mass is 9.94. The summed E-state index contributed by atoms with van der Waals surface area (Å²) in [5.74, 6) is 2.02. The number of aromatic nitrogens is 3. The Balaban J connectivity index is 1.80. The Kier molecular flexibility index (Phi) is 6.23. The lowest BCUT2D eigenvalue weighted by Gasteiger charge is -2.29. The van der Waals surface area contributed by atoms with Crippen LogP contribution >= 0.6 is 11.8 Å². The van der Waals surface area contributed by atoms with Crippen LogP contribution in [0.15, 0.2) is 58.9 Å². The van der Waals surface area contributed by atoms with Gasteiger partial charge in [-0.2, -0.15) is 4.98 Å². The van der Waals surface area contributed by atoms with E-state index in [1.54, 1.807) is 23.6 Å². The predicted octanol–water partition coefficient (Wildman–Crippen LogP) is 4.94. The number of carbonyl (C=O) groups is 1. The van der Waals surface area contributed by atoms with Gasteiger partial charge in [0.1, 0.15) is 11.8 Å². The highest BCUT2D eigenvalue weighted by molar-refractivity contribution is 7.99. The van der Waals surface area contributed by atoms with E-state index < -0.39 is 6.04 Å². The van der Waals surface area contributed by atoms with Crippen molar-refractivity contribution in [2.45, 2.75) is 38.9 Å². The second-order valence-corrected chi connectivity index (χ2v) is 8.87. The number of anilines is 2. The van der Waals surface area contributed by atoms with Crippen molar-refractivity contribution in [1.29, 1.82) is 0 Å². The quantitative estimate of drug-likeness (QED) is 0.519. The van der Waals surface area contributed by atoms with E-state index in [0.29, 0.717) is 16.7 Å². The van der Waals surface area contributed by atoms with E-state index in [1.165, 1.54) is 0 Å². The standard InChI is InChI=1S/C24H27N5O2S/c1-6-32-24-27-23-25-16(4)20(22(30)26-19-12-7-9-14(2)15(19)3)21(29(23)28-24)17-10-8-11-18(13-17)31-5/h7-13,21H,6H2,1-5H3,(H,26,30)(H,25,27,28). The van der Waals surface area contributed by atoms with Crippen molar-refractivity contribution >= 4 is 29.3 Å². The first kappa shape index (κ1) is 22.0. The summed E-state index contributed by atoms with van der Waals surface area (Å²) in [5, 5.41) is 11.8. The molecule has 0 fully saturated rings. The molecule has 2 N–H and O–H groups in total. The lowest BCUT2D eigenvalue weighted by Crippen LogP contribution is -2.31. The van der Waals surface area contributed by atoms with Crippen LogP contribution < -0.4 is 15.4 Å². The summed E-state index contributed by atoms with van der Waals surface area (Å²) in [6.45, 7) is 8.00. The van der Waals surface area contributed by atoms with Gasteiger partial charge in [0.15, 0.2) is 0 Å². The molecule has 1 atom stereocenters. The molecule has 4 rings (SSSR count). The molecule has 32 heavy (non-hydrogen) atoms. The van der Waals surface area contributed by atoms with Crippen LogP contribution in [0.25, 0.3) is 0 Å². The average molecular weight is 450 g/mol. The third kappa shape index (κ3) is 4.10. The maximum Gasteiger partial charge on any atom is 0.255 e. The van der Waals surface area contributed by atoms with E-state index in [0.717, 1.165) is 39.6 Å². The van der Waals surface area contributed by atoms with Crippen molar-refractivity contribution in [3.63, 3.8) is 0 Å². The molecule has 0 saturated heterocycles. The minimum Gasteiger partial charge on any atom is -0.497 e. The number of amides is 1. The number of aryl methyl sites for hydroxylation is 1. The van der Waals surface area contributed by atoms with E-state index in [4.69, 9.17) is 9.84 Å². The molecule has 0 aliphatic carbocycles. The van der Waals surface area contributed by atoms with Gasteiger partial charge in [-0.25, -0.2) is 4.68 Å². The molecular formula is C24H27N5O2S. The lowest BCUT2D eigenvalue weighted by molar-refractivity contribution is -0.113. The van der Waals surface area contributed by atoms with Crippen molar-refractivity contribution in [3.05, 3.63) is 70.4 Å². The zero-order valence-corrected chi connectivity index (χ0v) is 19.7. The van der Waals surface area contributed by atoms with Gasteiger partial charge in [0, 0.05) is 11.4 Å². The van der Waals surface area contributed by atoms with Crippen molar-refractivity contribution in [2.75, 3.05) is 23.5 Å². The Morgan fingerprint density at radius 1 is 1.22 bits per heavy atom. The Morgan fingerprint density at radius 2 is 2.00 bits per heavy atom. The fourth-order valence-corrected chi connectivity index (χ4v) is 4.37. The van der Waals surface area contributed by atoms with Gasteiger partial charge in [0.05, 0.1) is 12.7 Å². The van der Waals surface area contributed by atoms with E-state index in [9.17, 15) is 4.79 Å². The maximum absolute atomic E-state index is 13.6. The molecule has 0 radical (unpaired) electrons. The molecule has 1 aromatic heterocycles. The highest BCUT2D eigenvalue weighted by atomic mass is 32.2. The van der Waals surface area contributed by atoms with Crippen LogP contribution in [0.5, 0.6) is 5.75 Å². The van der Waals surface area contributed by atoms with Crippen molar-refractivity contribution in [2.24, 2.45) is 0 Å². The molecule has 0 saturated carbocycles. The summed E-state index contributed by atoms with van der Waals surface area (Å²) in [5.41, 5.74) is 5.20. The molecule has 2 heterocycles. The van der Waals surface area contributed by atoms with Gasteiger partial charge in [0.2, 0.25) is 11.1 Å². The van der Waals surface area contributed by atoms with Crippen LogP contribution in [0.2, 0.25) is 0 Å². The Labute approximate surface area is 192 Å². The monoisotopic (exact) mass is 449 g/mol. The molecule has 1 aliphatic heterocycles. The van der Waals surface area contributed by atoms with Gasteiger partial charge >= 0.3 is 0 Å². The number of ether oxygens (including phenoxy) is 1. The molecule has 1 aliphatic rings. The Morgan fingerprint density at radius 3 is 2.75 bits per heavy atom. The number of allylic oxidation sites excluding steroid dienone is 1. The molecule has 3 aromatic rings. The number of benzene rings is 2. The van der Waals surface area contributed by atoms with Crippen molar-refractivity contribution in [3.8, 4) is 5.75 Å². The number of hydrogen-bond donors (Lipinski definition) is 2. The molecule has 1 unspecified atom stereocenters. The zero-order chi connectivity index (χ0) is 22.8. The average Bonchev–Trinajstić information content (AvgIpc) is 3.18. The second-order valence-electron chi connectivity index (χ2n) is 7.64. The van der Waals surface area contributed by atoms with Crippen LogP contribution in [0.4, 0.5) is 11.6 Å². The number of hydrogen-bond acceptors (Lipinski definition) is 6. The van der Waals surface area contributed by atoms with Crippen LogP contribution in [0.1, 0.15) is 36.6 Å². The summed E-state index contributed by atoms with van der Waals surface area (Å²) >= 11 is 1.56. The number of fused-ring (bicyclic) bond motifs is 1. The highest BCUT2D eigenvalue weighted by Gasteiger charge is 2.34.